The molecule has 0 bridgehead atoms. The second-order valence-electron chi connectivity index (χ2n) is 3.08. The Kier molecular flexibility index (Phi) is 4.86. The summed E-state index contributed by atoms with van der Waals surface area (Å²) >= 11 is 0. The maximum absolute atomic E-state index is 10.7. The van der Waals surface area contributed by atoms with Crippen molar-refractivity contribution in [2.45, 2.75) is 13.8 Å². The van der Waals surface area contributed by atoms with Crippen molar-refractivity contribution in [2.24, 2.45) is 5.73 Å². The van der Waals surface area contributed by atoms with Crippen LogP contribution in [0.3, 0.4) is 0 Å². The van der Waals surface area contributed by atoms with Gasteiger partial charge in [0.2, 0.25) is 5.95 Å². The Morgan fingerprint density at radius 3 is 2.72 bits per heavy atom. The number of anilines is 1. The van der Waals surface area contributed by atoms with Crippen molar-refractivity contribution < 1.29 is 9.53 Å². The van der Waals surface area contributed by atoms with Crippen molar-refractivity contribution in [3.63, 3.8) is 0 Å². The molecule has 2 amide bonds. The van der Waals surface area contributed by atoms with Crippen LogP contribution in [0.4, 0.5) is 10.7 Å². The van der Waals surface area contributed by atoms with Gasteiger partial charge in [-0.3, -0.25) is 5.32 Å². The van der Waals surface area contributed by atoms with Gasteiger partial charge in [-0.2, -0.15) is 0 Å². The van der Waals surface area contributed by atoms with E-state index in [2.05, 4.69) is 15.3 Å². The Hall–Kier alpha value is -2.37. The van der Waals surface area contributed by atoms with E-state index in [4.69, 9.17) is 10.5 Å². The Bertz CT molecular complexity index is 543. The van der Waals surface area contributed by atoms with E-state index in [0.717, 1.165) is 5.39 Å². The molecule has 2 rings (SSSR count). The van der Waals surface area contributed by atoms with Gasteiger partial charge >= 0.3 is 6.03 Å². The predicted octanol–water partition coefficient (Wildman–Crippen LogP) is 2.16. The lowest BCUT2D eigenvalue weighted by Gasteiger charge is -2.05. The lowest BCUT2D eigenvalue weighted by molar-refractivity contribution is 0.259. The molecule has 0 radical (unpaired) electrons. The summed E-state index contributed by atoms with van der Waals surface area (Å²) in [6.45, 7) is 4.00. The smallest absolute Gasteiger partial charge is 0.319 e. The quantitative estimate of drug-likeness (QED) is 0.852. The highest BCUT2D eigenvalue weighted by atomic mass is 16.5. The molecule has 0 fully saturated rings. The van der Waals surface area contributed by atoms with Gasteiger partial charge in [-0.25, -0.2) is 14.8 Å². The molecule has 0 aliphatic rings. The maximum Gasteiger partial charge on any atom is 0.319 e. The van der Waals surface area contributed by atoms with Crippen molar-refractivity contribution in [3.05, 3.63) is 24.4 Å². The normalized spacial score (nSPS) is 9.28. The Morgan fingerprint density at radius 2 is 2.11 bits per heavy atom. The second kappa shape index (κ2) is 6.39. The molecule has 6 nitrogen and oxygen atoms in total. The topological polar surface area (TPSA) is 90.1 Å². The molecule has 18 heavy (non-hydrogen) atoms. The minimum Gasteiger partial charge on any atom is -0.494 e. The fourth-order valence-electron chi connectivity index (χ4n) is 1.36. The number of urea groups is 1. The minimum atomic E-state index is -0.700. The molecule has 0 aliphatic carbocycles. The van der Waals surface area contributed by atoms with Crippen LogP contribution in [-0.2, 0) is 0 Å². The maximum atomic E-state index is 10.7. The number of para-hydroxylation sites is 1. The van der Waals surface area contributed by atoms with Crippen LogP contribution >= 0.6 is 0 Å². The number of hydrogen-bond donors (Lipinski definition) is 2. The molecule has 3 N–H and O–H groups in total. The summed E-state index contributed by atoms with van der Waals surface area (Å²) < 4.78 is 5.15. The number of carbonyl (C=O) groups is 1. The van der Waals surface area contributed by atoms with Gasteiger partial charge in [-0.05, 0) is 6.07 Å². The largest absolute Gasteiger partial charge is 0.494 e. The number of methoxy groups -OCH3 is 1. The van der Waals surface area contributed by atoms with Crippen LogP contribution in [0, 0.1) is 0 Å². The molecule has 1 aromatic carbocycles. The van der Waals surface area contributed by atoms with E-state index in [0.29, 0.717) is 11.3 Å². The molecular weight excluding hydrogens is 232 g/mol. The Balaban J connectivity index is 0.000000771. The molecule has 0 spiro atoms. The summed E-state index contributed by atoms with van der Waals surface area (Å²) in [6, 6.07) is 4.77. The van der Waals surface area contributed by atoms with Gasteiger partial charge in [0, 0.05) is 11.6 Å². The summed E-state index contributed by atoms with van der Waals surface area (Å²) in [6.07, 6.45) is 1.59. The molecule has 0 unspecified atom stereocenters. The zero-order valence-corrected chi connectivity index (χ0v) is 10.6. The van der Waals surface area contributed by atoms with Crippen LogP contribution in [0.25, 0.3) is 10.9 Å². The van der Waals surface area contributed by atoms with E-state index in [1.54, 1.807) is 19.4 Å². The van der Waals surface area contributed by atoms with Crippen LogP contribution in [0.15, 0.2) is 24.4 Å². The third kappa shape index (κ3) is 3.07. The first-order valence-electron chi connectivity index (χ1n) is 5.57. The highest BCUT2D eigenvalue weighted by Crippen LogP contribution is 2.23. The number of amides is 2. The van der Waals surface area contributed by atoms with Gasteiger partial charge < -0.3 is 10.5 Å². The van der Waals surface area contributed by atoms with E-state index in [1.807, 2.05) is 26.0 Å². The highest BCUT2D eigenvalue weighted by molar-refractivity contribution is 5.89. The number of aromatic nitrogens is 2. The Morgan fingerprint density at radius 1 is 1.39 bits per heavy atom. The average molecular weight is 248 g/mol. The average Bonchev–Trinajstić information content (AvgIpc) is 2.39. The second-order valence-corrected chi connectivity index (χ2v) is 3.08. The fraction of sp³-hybridized carbons (Fsp3) is 0.250. The van der Waals surface area contributed by atoms with Gasteiger partial charge in [-0.15, -0.1) is 0 Å². The number of nitrogens with zero attached hydrogens (tertiary/aromatic N) is 2. The summed E-state index contributed by atoms with van der Waals surface area (Å²) in [7, 11) is 1.55. The Labute approximate surface area is 105 Å². The zero-order valence-electron chi connectivity index (χ0n) is 10.6. The van der Waals surface area contributed by atoms with Gasteiger partial charge in [-0.1, -0.05) is 26.0 Å². The monoisotopic (exact) mass is 248 g/mol. The first-order valence-corrected chi connectivity index (χ1v) is 5.57. The third-order valence-corrected chi connectivity index (χ3v) is 2.03. The van der Waals surface area contributed by atoms with E-state index < -0.39 is 6.03 Å². The molecule has 1 aromatic heterocycles. The first kappa shape index (κ1) is 13.7. The fourth-order valence-corrected chi connectivity index (χ4v) is 1.36. The molecule has 96 valence electrons. The summed E-state index contributed by atoms with van der Waals surface area (Å²) in [5, 5.41) is 3.14. The number of fused-ring (bicyclic) bond motifs is 1. The SMILES string of the molecule is CC.COc1cccc2cnc(NC(N)=O)nc12. The molecule has 0 saturated heterocycles. The number of ether oxygens (including phenoxy) is 1. The number of benzene rings is 1. The number of nitrogens with two attached hydrogens (primary N) is 1. The molecule has 0 aliphatic heterocycles. The van der Waals surface area contributed by atoms with Gasteiger partial charge in [0.1, 0.15) is 11.3 Å². The van der Waals surface area contributed by atoms with E-state index >= 15 is 0 Å². The van der Waals surface area contributed by atoms with E-state index in [1.165, 1.54) is 0 Å². The zero-order chi connectivity index (χ0) is 13.5. The van der Waals surface area contributed by atoms with Crippen molar-refractivity contribution in [1.29, 1.82) is 0 Å². The molecule has 0 saturated carbocycles. The van der Waals surface area contributed by atoms with Crippen LogP contribution in [0.5, 0.6) is 5.75 Å². The van der Waals surface area contributed by atoms with Crippen LogP contribution in [0.2, 0.25) is 0 Å². The van der Waals surface area contributed by atoms with Gasteiger partial charge in [0.05, 0.1) is 7.11 Å². The number of carbonyl (C=O) groups excluding carboxylic acids is 1. The lowest BCUT2D eigenvalue weighted by atomic mass is 10.2. The molecule has 1 heterocycles. The molecule has 6 heteroatoms. The lowest BCUT2D eigenvalue weighted by Crippen LogP contribution is -2.20. The van der Waals surface area contributed by atoms with Crippen LogP contribution in [-0.4, -0.2) is 23.1 Å². The minimum absolute atomic E-state index is 0.157. The van der Waals surface area contributed by atoms with Crippen molar-refractivity contribution in [3.8, 4) is 5.75 Å². The van der Waals surface area contributed by atoms with Crippen molar-refractivity contribution in [1.82, 2.24) is 9.97 Å². The van der Waals surface area contributed by atoms with E-state index in [9.17, 15) is 4.79 Å². The standard InChI is InChI=1S/C10H10N4O2.C2H6/c1-16-7-4-2-3-6-5-12-10(13-8(6)7)14-9(11)15;1-2/h2-5H,1H3,(H3,11,12,13,14,15);1-2H3. The van der Waals surface area contributed by atoms with E-state index in [-0.39, 0.29) is 5.95 Å². The number of nitrogens with one attached hydrogen (secondary N) is 1. The summed E-state index contributed by atoms with van der Waals surface area (Å²) in [5.74, 6) is 0.775. The third-order valence-electron chi connectivity index (χ3n) is 2.03. The molecular formula is C12H16N4O2. The van der Waals surface area contributed by atoms with Gasteiger partial charge in [0.15, 0.2) is 0 Å². The molecule has 0 atom stereocenters. The number of rotatable bonds is 2. The number of hydrogen-bond acceptors (Lipinski definition) is 4. The van der Waals surface area contributed by atoms with Crippen LogP contribution < -0.4 is 15.8 Å². The highest BCUT2D eigenvalue weighted by Gasteiger charge is 2.05. The van der Waals surface area contributed by atoms with Crippen LogP contribution in [0.1, 0.15) is 13.8 Å². The van der Waals surface area contributed by atoms with Gasteiger partial charge in [0.25, 0.3) is 0 Å². The number of primary amides is 1. The predicted molar refractivity (Wildman–Crippen MR) is 70.6 cm³/mol. The first-order chi connectivity index (χ1) is 8.70. The summed E-state index contributed by atoms with van der Waals surface area (Å²) in [4.78, 5) is 18.7. The van der Waals surface area contributed by atoms with Crippen molar-refractivity contribution >= 4 is 22.9 Å². The molecule has 2 aromatic rings. The van der Waals surface area contributed by atoms with Crippen molar-refractivity contribution in [2.75, 3.05) is 12.4 Å². The summed E-state index contributed by atoms with van der Waals surface area (Å²) in [5.41, 5.74) is 5.61.